The molecule has 46 heavy (non-hydrogen) atoms. The van der Waals surface area contributed by atoms with Crippen molar-refractivity contribution >= 4 is 29.8 Å². The van der Waals surface area contributed by atoms with E-state index < -0.39 is 22.9 Å². The lowest BCUT2D eigenvalue weighted by Gasteiger charge is -2.09. The standard InChI is InChI=1S/C34H33N3O9/c1-41-28-15-9-22(18-31(28)44-4)6-12-25(38)34(26(39)13-7-23-10-16-29(42-2)32(19-23)45-5)27(40)14-8-24-11-17-30(43-3)33(20-24)46-21-36-37-35/h6-20,38H,21H2,1-5H3/b12-6+,13-7+,14-8+,34-25+. The van der Waals surface area contributed by atoms with Crippen LogP contribution in [-0.4, -0.2) is 59.0 Å². The van der Waals surface area contributed by atoms with Gasteiger partial charge in [0.2, 0.25) is 0 Å². The van der Waals surface area contributed by atoms with Gasteiger partial charge in [0.1, 0.15) is 11.3 Å². The molecule has 0 bridgehead atoms. The van der Waals surface area contributed by atoms with Gasteiger partial charge in [0, 0.05) is 4.91 Å². The van der Waals surface area contributed by atoms with Crippen LogP contribution in [0.3, 0.4) is 0 Å². The Kier molecular flexibility index (Phi) is 12.9. The SMILES string of the molecule is COc1ccc(/C=C/C(=O)/C(C(=O)/C=C/c2ccc(OC)c(OCN=[N+]=[N-])c2)=C(O)/C=C/c2ccc(OC)c(OC)c2)cc1OC. The van der Waals surface area contributed by atoms with Crippen molar-refractivity contribution in [1.29, 1.82) is 0 Å². The van der Waals surface area contributed by atoms with Crippen LogP contribution >= 0.6 is 0 Å². The Morgan fingerprint density at radius 2 is 1.04 bits per heavy atom. The van der Waals surface area contributed by atoms with E-state index in [1.807, 2.05) is 0 Å². The van der Waals surface area contributed by atoms with E-state index in [0.29, 0.717) is 45.4 Å². The average molecular weight is 628 g/mol. The molecule has 0 aromatic heterocycles. The zero-order valence-corrected chi connectivity index (χ0v) is 25.9. The molecule has 238 valence electrons. The highest BCUT2D eigenvalue weighted by Crippen LogP contribution is 2.30. The monoisotopic (exact) mass is 627 g/mol. The predicted molar refractivity (Wildman–Crippen MR) is 173 cm³/mol. The first kappa shape index (κ1) is 34.4. The van der Waals surface area contributed by atoms with Crippen molar-refractivity contribution in [2.24, 2.45) is 5.11 Å². The van der Waals surface area contributed by atoms with Gasteiger partial charge in [0.25, 0.3) is 0 Å². The Morgan fingerprint density at radius 1 is 0.652 bits per heavy atom. The van der Waals surface area contributed by atoms with E-state index in [4.69, 9.17) is 34.0 Å². The number of hydrogen-bond donors (Lipinski definition) is 1. The summed E-state index contributed by atoms with van der Waals surface area (Å²) in [6.45, 7) is -0.271. The lowest BCUT2D eigenvalue weighted by Crippen LogP contribution is -2.11. The number of ketones is 2. The molecule has 3 aromatic carbocycles. The predicted octanol–water partition coefficient (Wildman–Crippen LogP) is 6.77. The van der Waals surface area contributed by atoms with Crippen LogP contribution in [0.2, 0.25) is 0 Å². The van der Waals surface area contributed by atoms with Crippen LogP contribution in [0.4, 0.5) is 0 Å². The molecule has 0 spiro atoms. The smallest absolute Gasteiger partial charge is 0.193 e. The van der Waals surface area contributed by atoms with E-state index >= 15 is 0 Å². The first-order chi connectivity index (χ1) is 22.3. The summed E-state index contributed by atoms with van der Waals surface area (Å²) >= 11 is 0. The molecule has 0 aliphatic rings. The maximum absolute atomic E-state index is 13.4. The molecular formula is C34H33N3O9. The number of carbonyl (C=O) groups is 2. The maximum Gasteiger partial charge on any atom is 0.193 e. The molecule has 0 aliphatic carbocycles. The van der Waals surface area contributed by atoms with Crippen molar-refractivity contribution in [3.8, 4) is 34.5 Å². The van der Waals surface area contributed by atoms with Crippen LogP contribution < -0.4 is 28.4 Å². The molecule has 12 nitrogen and oxygen atoms in total. The topological polar surface area (TPSA) is 159 Å². The highest BCUT2D eigenvalue weighted by molar-refractivity contribution is 6.29. The van der Waals surface area contributed by atoms with E-state index in [9.17, 15) is 14.7 Å². The van der Waals surface area contributed by atoms with E-state index in [1.54, 1.807) is 54.6 Å². The van der Waals surface area contributed by atoms with E-state index in [-0.39, 0.29) is 12.5 Å². The van der Waals surface area contributed by atoms with Crippen LogP contribution in [0, 0.1) is 0 Å². The first-order valence-electron chi connectivity index (χ1n) is 13.6. The van der Waals surface area contributed by atoms with Gasteiger partial charge < -0.3 is 33.5 Å². The molecule has 12 heteroatoms. The van der Waals surface area contributed by atoms with E-state index in [0.717, 1.165) is 6.08 Å². The van der Waals surface area contributed by atoms with Gasteiger partial charge in [-0.2, -0.15) is 0 Å². The summed E-state index contributed by atoms with van der Waals surface area (Å²) in [6, 6.07) is 14.9. The second-order valence-electron chi connectivity index (χ2n) is 9.13. The molecule has 0 unspecified atom stereocenters. The quantitative estimate of drug-likeness (QED) is 0.0264. The second-order valence-corrected chi connectivity index (χ2v) is 9.13. The number of methoxy groups -OCH3 is 5. The zero-order chi connectivity index (χ0) is 33.5. The third-order valence-electron chi connectivity index (χ3n) is 6.38. The van der Waals surface area contributed by atoms with Gasteiger partial charge >= 0.3 is 0 Å². The Labute approximate surface area is 266 Å². The molecular weight excluding hydrogens is 594 g/mol. The van der Waals surface area contributed by atoms with Crippen molar-refractivity contribution in [3.63, 3.8) is 0 Å². The van der Waals surface area contributed by atoms with Crippen molar-refractivity contribution < 1.29 is 43.1 Å². The number of rotatable bonds is 16. The molecule has 0 amide bonds. The molecule has 3 aromatic rings. The number of azide groups is 1. The number of allylic oxidation sites excluding steroid dienone is 4. The van der Waals surface area contributed by atoms with Crippen molar-refractivity contribution in [2.75, 3.05) is 42.3 Å². The van der Waals surface area contributed by atoms with E-state index in [2.05, 4.69) is 10.0 Å². The summed E-state index contributed by atoms with van der Waals surface area (Å²) in [5.74, 6) is 0.532. The zero-order valence-electron chi connectivity index (χ0n) is 25.9. The van der Waals surface area contributed by atoms with Gasteiger partial charge in [-0.15, -0.1) is 0 Å². The summed E-state index contributed by atoms with van der Waals surface area (Å²) in [6.07, 6.45) is 8.03. The number of nitrogens with zero attached hydrogens (tertiary/aromatic N) is 3. The van der Waals surface area contributed by atoms with Crippen LogP contribution in [0.15, 0.2) is 89.3 Å². The highest BCUT2D eigenvalue weighted by Gasteiger charge is 2.19. The molecule has 0 saturated carbocycles. The van der Waals surface area contributed by atoms with Gasteiger partial charge in [0.15, 0.2) is 52.8 Å². The molecule has 3 rings (SSSR count). The van der Waals surface area contributed by atoms with Gasteiger partial charge in [0.05, 0.1) is 35.5 Å². The summed E-state index contributed by atoms with van der Waals surface area (Å²) in [5.41, 5.74) is 9.78. The third kappa shape index (κ3) is 9.18. The second kappa shape index (κ2) is 17.2. The molecule has 1 N–H and O–H groups in total. The largest absolute Gasteiger partial charge is 0.507 e. The number of aliphatic hydroxyl groups is 1. The summed E-state index contributed by atoms with van der Waals surface area (Å²) in [7, 11) is 7.45. The Morgan fingerprint density at radius 3 is 1.46 bits per heavy atom. The Balaban J connectivity index is 2.00. The Hall–Kier alpha value is -6.13. The summed E-state index contributed by atoms with van der Waals surface area (Å²) < 4.78 is 31.8. The fraction of sp³-hybridized carbons (Fsp3) is 0.176. The highest BCUT2D eigenvalue weighted by atomic mass is 16.5. The van der Waals surface area contributed by atoms with Crippen molar-refractivity contribution in [3.05, 3.63) is 111 Å². The minimum atomic E-state index is -0.760. The van der Waals surface area contributed by atoms with Gasteiger partial charge in [-0.05, 0) is 76.8 Å². The lowest BCUT2D eigenvalue weighted by molar-refractivity contribution is -0.117. The van der Waals surface area contributed by atoms with Crippen molar-refractivity contribution in [1.82, 2.24) is 0 Å². The van der Waals surface area contributed by atoms with Crippen LogP contribution in [0.25, 0.3) is 28.7 Å². The Bertz CT molecular complexity index is 1740. The number of benzene rings is 3. The van der Waals surface area contributed by atoms with Gasteiger partial charge in [-0.25, -0.2) is 0 Å². The normalized spacial score (nSPS) is 11.6. The molecule has 0 aliphatic heterocycles. The van der Waals surface area contributed by atoms with Gasteiger partial charge in [-0.1, -0.05) is 41.5 Å². The minimum Gasteiger partial charge on any atom is -0.507 e. The first-order valence-corrected chi connectivity index (χ1v) is 13.6. The number of ether oxygens (including phenoxy) is 6. The molecule has 0 radical (unpaired) electrons. The number of carbonyl (C=O) groups excluding carboxylic acids is 2. The maximum atomic E-state index is 13.4. The number of aliphatic hydroxyl groups excluding tert-OH is 1. The van der Waals surface area contributed by atoms with Crippen LogP contribution in [-0.2, 0) is 9.59 Å². The van der Waals surface area contributed by atoms with Crippen molar-refractivity contribution in [2.45, 2.75) is 0 Å². The van der Waals surface area contributed by atoms with Crippen LogP contribution in [0.1, 0.15) is 16.7 Å². The number of hydrogen-bond acceptors (Lipinski definition) is 10. The molecule has 0 heterocycles. The summed E-state index contributed by atoms with van der Waals surface area (Å²) in [5, 5.41) is 14.4. The van der Waals surface area contributed by atoms with Crippen LogP contribution in [0.5, 0.6) is 34.5 Å². The lowest BCUT2D eigenvalue weighted by atomic mass is 10.0. The minimum absolute atomic E-state index is 0.271. The molecule has 0 atom stereocenters. The summed E-state index contributed by atoms with van der Waals surface area (Å²) in [4.78, 5) is 29.5. The van der Waals surface area contributed by atoms with E-state index in [1.165, 1.54) is 65.9 Å². The fourth-order valence-electron chi connectivity index (χ4n) is 4.09. The average Bonchev–Trinajstić information content (AvgIpc) is 3.08. The van der Waals surface area contributed by atoms with Gasteiger partial charge in [-0.3, -0.25) is 9.59 Å². The molecule has 0 fully saturated rings. The third-order valence-corrected chi connectivity index (χ3v) is 6.38. The molecule has 0 saturated heterocycles. The fourth-order valence-corrected chi connectivity index (χ4v) is 4.09.